The summed E-state index contributed by atoms with van der Waals surface area (Å²) in [7, 11) is 4.84. The maximum atomic E-state index is 12.0. The Kier molecular flexibility index (Phi) is 6.24. The fourth-order valence-corrected chi connectivity index (χ4v) is 2.96. The largest absolute Gasteiger partial charge is 0.496 e. The van der Waals surface area contributed by atoms with Crippen LogP contribution in [0.2, 0.25) is 5.02 Å². The highest BCUT2D eigenvalue weighted by Crippen LogP contribution is 2.40. The third-order valence-corrected chi connectivity index (χ3v) is 4.15. The van der Waals surface area contributed by atoms with E-state index in [4.69, 9.17) is 27.9 Å². The molecule has 0 N–H and O–H groups in total. The first kappa shape index (κ1) is 19.0. The van der Waals surface area contributed by atoms with E-state index >= 15 is 0 Å². The van der Waals surface area contributed by atoms with Gasteiger partial charge in [0.05, 0.1) is 17.7 Å². The average molecular weight is 378 g/mol. The molecule has 0 radical (unpaired) electrons. The van der Waals surface area contributed by atoms with E-state index in [1.54, 1.807) is 32.3 Å². The smallest absolute Gasteiger partial charge is 0.271 e. The summed E-state index contributed by atoms with van der Waals surface area (Å²) < 4.78 is 5.53. The number of methoxy groups -OCH3 is 1. The molecule has 0 bridgehead atoms. The van der Waals surface area contributed by atoms with E-state index in [2.05, 4.69) is 11.1 Å². The van der Waals surface area contributed by atoms with Crippen LogP contribution >= 0.6 is 23.2 Å². The zero-order valence-electron chi connectivity index (χ0n) is 14.1. The molecule has 0 spiro atoms. The van der Waals surface area contributed by atoms with Crippen molar-refractivity contribution in [1.82, 2.24) is 9.88 Å². The number of aromatic nitrogens is 1. The van der Waals surface area contributed by atoms with Gasteiger partial charge in [-0.25, -0.2) is 0 Å². The highest BCUT2D eigenvalue weighted by Gasteiger charge is 2.20. The van der Waals surface area contributed by atoms with Crippen molar-refractivity contribution in [1.29, 1.82) is 5.26 Å². The summed E-state index contributed by atoms with van der Waals surface area (Å²) in [5.41, 5.74) is 2.61. The molecule has 5 nitrogen and oxygen atoms in total. The zero-order chi connectivity index (χ0) is 18.6. The average Bonchev–Trinajstić information content (AvgIpc) is 2.61. The minimum absolute atomic E-state index is 0.201. The van der Waals surface area contributed by atoms with Crippen molar-refractivity contribution in [3.63, 3.8) is 0 Å². The number of ether oxygens (including phenoxy) is 1. The number of amides is 1. The number of halogens is 2. The normalized spacial score (nSPS) is 10.2. The monoisotopic (exact) mass is 377 g/mol. The molecule has 0 saturated heterocycles. The van der Waals surface area contributed by atoms with Crippen molar-refractivity contribution in [3.8, 4) is 22.9 Å². The van der Waals surface area contributed by atoms with Gasteiger partial charge in [-0.3, -0.25) is 9.78 Å². The standard InChI is InChI=1S/C18H17Cl2N3O2/c1-23(2)18(24)15-5-4-12(10-22-15)16-13(9-21)14(20)8-11(6-7-19)17(16)25-3/h4-5,8,10H,6-7H2,1-3H3. The molecule has 0 aliphatic carbocycles. The van der Waals surface area contributed by atoms with E-state index in [0.29, 0.717) is 45.5 Å². The minimum atomic E-state index is -0.201. The van der Waals surface area contributed by atoms with Crippen molar-refractivity contribution in [2.24, 2.45) is 0 Å². The maximum Gasteiger partial charge on any atom is 0.271 e. The number of carbonyl (C=O) groups is 1. The van der Waals surface area contributed by atoms with E-state index in [1.165, 1.54) is 18.2 Å². The first-order chi connectivity index (χ1) is 11.9. The van der Waals surface area contributed by atoms with Crippen LogP contribution in [0.4, 0.5) is 0 Å². The highest BCUT2D eigenvalue weighted by molar-refractivity contribution is 6.32. The van der Waals surface area contributed by atoms with Gasteiger partial charge in [0.2, 0.25) is 0 Å². The summed E-state index contributed by atoms with van der Waals surface area (Å²) >= 11 is 12.1. The number of nitrogens with zero attached hydrogens (tertiary/aromatic N) is 3. The Bertz CT molecular complexity index is 828. The van der Waals surface area contributed by atoms with Gasteiger partial charge in [-0.15, -0.1) is 11.6 Å². The van der Waals surface area contributed by atoms with Crippen LogP contribution in [0.25, 0.3) is 11.1 Å². The van der Waals surface area contributed by atoms with E-state index in [1.807, 2.05) is 0 Å². The van der Waals surface area contributed by atoms with Crippen LogP contribution in [0, 0.1) is 11.3 Å². The molecule has 0 fully saturated rings. The molecule has 25 heavy (non-hydrogen) atoms. The second-order valence-corrected chi connectivity index (χ2v) is 6.27. The molecule has 2 rings (SSSR count). The number of rotatable bonds is 5. The van der Waals surface area contributed by atoms with E-state index in [9.17, 15) is 10.1 Å². The maximum absolute atomic E-state index is 12.0. The first-order valence-electron chi connectivity index (χ1n) is 7.48. The third-order valence-electron chi connectivity index (χ3n) is 3.67. The summed E-state index contributed by atoms with van der Waals surface area (Å²) in [6.45, 7) is 0. The Morgan fingerprint density at radius 3 is 2.60 bits per heavy atom. The fraction of sp³-hybridized carbons (Fsp3) is 0.278. The lowest BCUT2D eigenvalue weighted by Crippen LogP contribution is -2.22. The lowest BCUT2D eigenvalue weighted by atomic mass is 9.96. The summed E-state index contributed by atoms with van der Waals surface area (Å²) in [5.74, 6) is 0.732. The number of hydrogen-bond acceptors (Lipinski definition) is 4. The number of benzene rings is 1. The van der Waals surface area contributed by atoms with Crippen molar-refractivity contribution in [3.05, 3.63) is 46.2 Å². The molecule has 0 aliphatic rings. The minimum Gasteiger partial charge on any atom is -0.496 e. The molecule has 0 atom stereocenters. The molecule has 2 aromatic rings. The van der Waals surface area contributed by atoms with Gasteiger partial charge in [0.1, 0.15) is 17.5 Å². The second-order valence-electron chi connectivity index (χ2n) is 5.48. The van der Waals surface area contributed by atoms with Crippen LogP contribution < -0.4 is 4.74 Å². The summed E-state index contributed by atoms with van der Waals surface area (Å²) in [6.07, 6.45) is 2.09. The van der Waals surface area contributed by atoms with Crippen LogP contribution in [0.1, 0.15) is 21.6 Å². The third kappa shape index (κ3) is 3.87. The molecule has 1 amide bonds. The van der Waals surface area contributed by atoms with Crippen molar-refractivity contribution in [2.45, 2.75) is 6.42 Å². The first-order valence-corrected chi connectivity index (χ1v) is 8.39. The topological polar surface area (TPSA) is 66.2 Å². The number of alkyl halides is 1. The number of hydrogen-bond donors (Lipinski definition) is 0. The van der Waals surface area contributed by atoms with Gasteiger partial charge in [-0.05, 0) is 24.1 Å². The highest BCUT2D eigenvalue weighted by atomic mass is 35.5. The van der Waals surface area contributed by atoms with Gasteiger partial charge >= 0.3 is 0 Å². The van der Waals surface area contributed by atoms with Crippen molar-refractivity contribution >= 4 is 29.1 Å². The molecule has 1 heterocycles. The molecule has 0 aliphatic heterocycles. The quantitative estimate of drug-likeness (QED) is 0.743. The number of carbonyl (C=O) groups excluding carboxylic acids is 1. The predicted octanol–water partition coefficient (Wildman–Crippen LogP) is 3.77. The fourth-order valence-electron chi connectivity index (χ4n) is 2.49. The number of nitriles is 1. The predicted molar refractivity (Wildman–Crippen MR) is 98.4 cm³/mol. The SMILES string of the molecule is COc1c(CCCl)cc(Cl)c(C#N)c1-c1ccc(C(=O)N(C)C)nc1. The van der Waals surface area contributed by atoms with E-state index < -0.39 is 0 Å². The van der Waals surface area contributed by atoms with Gasteiger partial charge in [0.25, 0.3) is 5.91 Å². The molecular formula is C18H17Cl2N3O2. The van der Waals surface area contributed by atoms with Crippen LogP contribution in [-0.2, 0) is 6.42 Å². The zero-order valence-corrected chi connectivity index (χ0v) is 15.6. The summed E-state index contributed by atoms with van der Waals surface area (Å²) in [6, 6.07) is 7.15. The Morgan fingerprint density at radius 1 is 1.40 bits per heavy atom. The molecule has 7 heteroatoms. The van der Waals surface area contributed by atoms with Crippen LogP contribution in [0.3, 0.4) is 0 Å². The lowest BCUT2D eigenvalue weighted by molar-refractivity contribution is 0.0822. The Balaban J connectivity index is 2.65. The van der Waals surface area contributed by atoms with Gasteiger partial charge in [0, 0.05) is 37.3 Å². The number of aryl methyl sites for hydroxylation is 1. The molecular weight excluding hydrogens is 361 g/mol. The van der Waals surface area contributed by atoms with Crippen molar-refractivity contribution in [2.75, 3.05) is 27.1 Å². The van der Waals surface area contributed by atoms with Gasteiger partial charge < -0.3 is 9.64 Å². The Labute approximate surface area is 156 Å². The summed E-state index contributed by atoms with van der Waals surface area (Å²) in [4.78, 5) is 17.6. The van der Waals surface area contributed by atoms with Gasteiger partial charge in [-0.2, -0.15) is 5.26 Å². The van der Waals surface area contributed by atoms with Gasteiger partial charge in [0.15, 0.2) is 0 Å². The Hall–Kier alpha value is -2.29. The van der Waals surface area contributed by atoms with Crippen molar-refractivity contribution < 1.29 is 9.53 Å². The molecule has 130 valence electrons. The molecule has 0 saturated carbocycles. The van der Waals surface area contributed by atoms with Gasteiger partial charge in [-0.1, -0.05) is 17.7 Å². The number of pyridine rings is 1. The van der Waals surface area contributed by atoms with Crippen LogP contribution in [-0.4, -0.2) is 42.9 Å². The molecule has 0 unspecified atom stereocenters. The molecule has 1 aromatic heterocycles. The van der Waals surface area contributed by atoms with Crippen LogP contribution in [0.15, 0.2) is 24.4 Å². The second kappa shape index (κ2) is 8.19. The van der Waals surface area contributed by atoms with E-state index in [-0.39, 0.29) is 5.91 Å². The van der Waals surface area contributed by atoms with E-state index in [0.717, 1.165) is 5.56 Å². The molecule has 1 aromatic carbocycles. The summed E-state index contributed by atoms with van der Waals surface area (Å²) in [5, 5.41) is 9.85. The Morgan fingerprint density at radius 2 is 2.12 bits per heavy atom. The van der Waals surface area contributed by atoms with Crippen LogP contribution in [0.5, 0.6) is 5.75 Å². The lowest BCUT2D eigenvalue weighted by Gasteiger charge is -2.16.